The molecule has 5 aliphatic carbocycles. The molecule has 0 radical (unpaired) electrons. The lowest BCUT2D eigenvalue weighted by atomic mass is 9.49. The highest BCUT2D eigenvalue weighted by molar-refractivity contribution is 5.83. The van der Waals surface area contributed by atoms with E-state index in [4.69, 9.17) is 0 Å². The number of aliphatic hydroxyl groups is 1. The lowest BCUT2D eigenvalue weighted by Gasteiger charge is -2.56. The zero-order valence-corrected chi connectivity index (χ0v) is 12.6. The summed E-state index contributed by atoms with van der Waals surface area (Å²) >= 11 is 0. The standard InChI is InChI=1S/C17H27NO2/c1-18(10-15(19)14-2-3-14)16(20)17-7-11-4-12(8-17)6-13(5-11)9-17/h11-15,19H,2-10H2,1H3. The van der Waals surface area contributed by atoms with E-state index < -0.39 is 0 Å². The number of carbonyl (C=O) groups excluding carboxylic acids is 1. The maximum atomic E-state index is 13.0. The Hall–Kier alpha value is -0.570. The average Bonchev–Trinajstić information content (AvgIpc) is 3.20. The smallest absolute Gasteiger partial charge is 0.228 e. The Morgan fingerprint density at radius 3 is 2.10 bits per heavy atom. The van der Waals surface area contributed by atoms with Gasteiger partial charge in [-0.2, -0.15) is 0 Å². The molecule has 0 aromatic carbocycles. The molecule has 3 nitrogen and oxygen atoms in total. The van der Waals surface area contributed by atoms with E-state index in [0.29, 0.717) is 18.4 Å². The van der Waals surface area contributed by atoms with Gasteiger partial charge in [-0.3, -0.25) is 4.79 Å². The predicted octanol–water partition coefficient (Wildman–Crippen LogP) is 2.43. The van der Waals surface area contributed by atoms with Gasteiger partial charge < -0.3 is 10.0 Å². The summed E-state index contributed by atoms with van der Waals surface area (Å²) in [4.78, 5) is 14.8. The summed E-state index contributed by atoms with van der Waals surface area (Å²) in [6, 6.07) is 0. The Balaban J connectivity index is 1.47. The number of carbonyl (C=O) groups is 1. The first-order valence-corrected chi connectivity index (χ1v) is 8.49. The van der Waals surface area contributed by atoms with Crippen molar-refractivity contribution >= 4 is 5.91 Å². The number of rotatable bonds is 4. The molecule has 0 saturated heterocycles. The van der Waals surface area contributed by atoms with Gasteiger partial charge in [-0.1, -0.05) is 0 Å². The highest BCUT2D eigenvalue weighted by Gasteiger charge is 2.55. The lowest BCUT2D eigenvalue weighted by Crippen LogP contribution is -2.54. The first kappa shape index (κ1) is 13.1. The minimum absolute atomic E-state index is 0.0488. The normalized spacial score (nSPS) is 43.6. The van der Waals surface area contributed by atoms with Crippen molar-refractivity contribution in [3.05, 3.63) is 0 Å². The van der Waals surface area contributed by atoms with Crippen molar-refractivity contribution in [3.63, 3.8) is 0 Å². The molecule has 5 fully saturated rings. The topological polar surface area (TPSA) is 40.5 Å². The molecular weight excluding hydrogens is 250 g/mol. The van der Waals surface area contributed by atoms with Gasteiger partial charge in [-0.15, -0.1) is 0 Å². The van der Waals surface area contributed by atoms with Crippen molar-refractivity contribution in [2.24, 2.45) is 29.1 Å². The molecular formula is C17H27NO2. The molecule has 0 aromatic heterocycles. The largest absolute Gasteiger partial charge is 0.391 e. The van der Waals surface area contributed by atoms with Crippen molar-refractivity contribution < 1.29 is 9.90 Å². The van der Waals surface area contributed by atoms with Crippen LogP contribution < -0.4 is 0 Å². The number of nitrogens with zero attached hydrogens (tertiary/aromatic N) is 1. The summed E-state index contributed by atoms with van der Waals surface area (Å²) in [6.45, 7) is 0.547. The number of hydrogen-bond acceptors (Lipinski definition) is 2. The van der Waals surface area contributed by atoms with E-state index in [-0.39, 0.29) is 11.5 Å². The van der Waals surface area contributed by atoms with E-state index in [2.05, 4.69) is 0 Å². The number of aliphatic hydroxyl groups excluding tert-OH is 1. The summed E-state index contributed by atoms with van der Waals surface area (Å²) in [5.41, 5.74) is -0.0488. The van der Waals surface area contributed by atoms with Crippen molar-refractivity contribution in [1.82, 2.24) is 4.90 Å². The molecule has 5 saturated carbocycles. The van der Waals surface area contributed by atoms with Crippen LogP contribution in [0.5, 0.6) is 0 Å². The van der Waals surface area contributed by atoms with Crippen LogP contribution in [-0.2, 0) is 4.79 Å². The maximum absolute atomic E-state index is 13.0. The van der Waals surface area contributed by atoms with Gasteiger partial charge in [0.25, 0.3) is 0 Å². The molecule has 1 N–H and O–H groups in total. The molecule has 1 amide bonds. The molecule has 0 spiro atoms. The molecule has 5 aliphatic rings. The van der Waals surface area contributed by atoms with Crippen LogP contribution in [0.3, 0.4) is 0 Å². The van der Waals surface area contributed by atoms with Gasteiger partial charge in [-0.25, -0.2) is 0 Å². The van der Waals surface area contributed by atoms with Gasteiger partial charge in [0.15, 0.2) is 0 Å². The van der Waals surface area contributed by atoms with Crippen LogP contribution in [0.4, 0.5) is 0 Å². The van der Waals surface area contributed by atoms with Gasteiger partial charge in [0.05, 0.1) is 11.5 Å². The van der Waals surface area contributed by atoms with Crippen LogP contribution in [-0.4, -0.2) is 35.6 Å². The summed E-state index contributed by atoms with van der Waals surface area (Å²) in [7, 11) is 1.91. The maximum Gasteiger partial charge on any atom is 0.228 e. The molecule has 112 valence electrons. The van der Waals surface area contributed by atoms with Crippen molar-refractivity contribution in [2.45, 2.75) is 57.5 Å². The monoisotopic (exact) mass is 277 g/mol. The van der Waals surface area contributed by atoms with Gasteiger partial charge >= 0.3 is 0 Å². The van der Waals surface area contributed by atoms with Crippen LogP contribution in [0, 0.1) is 29.1 Å². The third-order valence-corrected chi connectivity index (χ3v) is 6.47. The molecule has 1 unspecified atom stereocenters. The Kier molecular flexibility index (Phi) is 2.93. The Morgan fingerprint density at radius 2 is 1.65 bits per heavy atom. The van der Waals surface area contributed by atoms with Crippen molar-refractivity contribution in [2.75, 3.05) is 13.6 Å². The number of amides is 1. The lowest BCUT2D eigenvalue weighted by molar-refractivity contribution is -0.157. The molecule has 0 heterocycles. The zero-order valence-electron chi connectivity index (χ0n) is 12.6. The van der Waals surface area contributed by atoms with E-state index in [1.807, 2.05) is 11.9 Å². The Bertz CT molecular complexity index is 380. The van der Waals surface area contributed by atoms with Crippen molar-refractivity contribution in [1.29, 1.82) is 0 Å². The minimum atomic E-state index is -0.294. The molecule has 0 aromatic rings. The van der Waals surface area contributed by atoms with Gasteiger partial charge in [-0.05, 0) is 75.0 Å². The summed E-state index contributed by atoms with van der Waals surface area (Å²) < 4.78 is 0. The predicted molar refractivity (Wildman–Crippen MR) is 77.0 cm³/mol. The quantitative estimate of drug-likeness (QED) is 0.857. The van der Waals surface area contributed by atoms with Gasteiger partial charge in [0.2, 0.25) is 5.91 Å². The molecule has 4 bridgehead atoms. The summed E-state index contributed by atoms with van der Waals surface area (Å²) in [5.74, 6) is 3.24. The van der Waals surface area contributed by atoms with Crippen LogP contribution >= 0.6 is 0 Å². The fourth-order valence-corrected chi connectivity index (χ4v) is 5.77. The highest BCUT2D eigenvalue weighted by atomic mass is 16.3. The second-order valence-corrected chi connectivity index (χ2v) is 8.29. The summed E-state index contributed by atoms with van der Waals surface area (Å²) in [5, 5.41) is 10.1. The van der Waals surface area contributed by atoms with Gasteiger partial charge in [0.1, 0.15) is 0 Å². The van der Waals surface area contributed by atoms with E-state index in [9.17, 15) is 9.90 Å². The molecule has 3 heteroatoms. The zero-order chi connectivity index (χ0) is 13.9. The van der Waals surface area contributed by atoms with Gasteiger partial charge in [0, 0.05) is 13.6 Å². The fraction of sp³-hybridized carbons (Fsp3) is 0.941. The first-order chi connectivity index (χ1) is 9.56. The molecule has 5 rings (SSSR count). The highest BCUT2D eigenvalue weighted by Crippen LogP contribution is 2.60. The Labute approximate surface area is 121 Å². The first-order valence-electron chi connectivity index (χ1n) is 8.49. The minimum Gasteiger partial charge on any atom is -0.391 e. The van der Waals surface area contributed by atoms with E-state index >= 15 is 0 Å². The Morgan fingerprint density at radius 1 is 1.15 bits per heavy atom. The van der Waals surface area contributed by atoms with E-state index in [1.54, 1.807) is 0 Å². The van der Waals surface area contributed by atoms with Crippen LogP contribution in [0.15, 0.2) is 0 Å². The van der Waals surface area contributed by atoms with Crippen LogP contribution in [0.25, 0.3) is 0 Å². The molecule has 20 heavy (non-hydrogen) atoms. The van der Waals surface area contributed by atoms with Crippen LogP contribution in [0.1, 0.15) is 51.4 Å². The second kappa shape index (κ2) is 4.46. The summed E-state index contributed by atoms with van der Waals surface area (Å²) in [6.07, 6.45) is 9.49. The SMILES string of the molecule is CN(CC(O)C1CC1)C(=O)C12CC3CC(CC(C3)C1)C2. The average molecular weight is 277 g/mol. The fourth-order valence-electron chi connectivity index (χ4n) is 5.77. The molecule has 0 aliphatic heterocycles. The van der Waals surface area contributed by atoms with E-state index in [0.717, 1.165) is 49.9 Å². The molecule has 1 atom stereocenters. The third-order valence-electron chi connectivity index (χ3n) is 6.47. The third kappa shape index (κ3) is 2.09. The second-order valence-electron chi connectivity index (χ2n) is 8.29. The number of hydrogen-bond donors (Lipinski definition) is 1. The van der Waals surface area contributed by atoms with Crippen LogP contribution in [0.2, 0.25) is 0 Å². The number of likely N-dealkylation sites (N-methyl/N-ethyl adjacent to an activating group) is 1. The van der Waals surface area contributed by atoms with Crippen molar-refractivity contribution in [3.8, 4) is 0 Å². The van der Waals surface area contributed by atoms with E-state index in [1.165, 1.54) is 19.3 Å².